The van der Waals surface area contributed by atoms with Gasteiger partial charge in [0.1, 0.15) is 22.2 Å². The number of methoxy groups -OCH3 is 2. The molecular weight excluding hydrogens is 480 g/mol. The van der Waals surface area contributed by atoms with Gasteiger partial charge in [0.15, 0.2) is 0 Å². The molecular formula is C23H19ClN4O3S2. The molecule has 0 aliphatic rings. The van der Waals surface area contributed by atoms with Gasteiger partial charge >= 0.3 is 0 Å². The Kier molecular flexibility index (Phi) is 7.23. The fourth-order valence-corrected chi connectivity index (χ4v) is 4.49. The van der Waals surface area contributed by atoms with Crippen LogP contribution in [0.25, 0.3) is 11.3 Å². The molecule has 2 heterocycles. The van der Waals surface area contributed by atoms with Crippen LogP contribution < -0.4 is 20.2 Å². The van der Waals surface area contributed by atoms with Crippen molar-refractivity contribution in [2.75, 3.05) is 25.0 Å². The lowest BCUT2D eigenvalue weighted by Crippen LogP contribution is -2.09. The molecule has 0 radical (unpaired) electrons. The van der Waals surface area contributed by atoms with Crippen LogP contribution in [0.15, 0.2) is 65.1 Å². The predicted molar refractivity (Wildman–Crippen MR) is 136 cm³/mol. The van der Waals surface area contributed by atoms with Crippen LogP contribution in [-0.4, -0.2) is 31.3 Å². The molecule has 7 nitrogen and oxygen atoms in total. The number of ether oxygens (including phenoxy) is 2. The number of rotatable bonds is 8. The molecule has 1 amide bonds. The Morgan fingerprint density at radius 3 is 2.64 bits per heavy atom. The second-order valence-corrected chi connectivity index (χ2v) is 9.00. The number of amides is 1. The molecule has 2 aromatic carbocycles. The molecule has 4 rings (SSSR count). The van der Waals surface area contributed by atoms with Crippen LogP contribution >= 0.6 is 34.3 Å². The summed E-state index contributed by atoms with van der Waals surface area (Å²) >= 11 is 8.69. The lowest BCUT2D eigenvalue weighted by atomic mass is 10.1. The van der Waals surface area contributed by atoms with E-state index in [0.29, 0.717) is 37.2 Å². The number of thiazole rings is 1. The summed E-state index contributed by atoms with van der Waals surface area (Å²) in [6.45, 7) is 0. The lowest BCUT2D eigenvalue weighted by Gasteiger charge is -2.06. The molecule has 0 bridgehead atoms. The standard InChI is InChI=1S/C23H19ClN4O3S2/c1-30-17-10-7-15(18(12-17)31-2)13-25-28-23-26-20(14-5-8-16(24)9-6-14)22(33-23)27-21(29)19-4-3-11-32-19/h3-13H,1-2H3,(H,26,28)(H,27,29). The molecule has 4 aromatic rings. The summed E-state index contributed by atoms with van der Waals surface area (Å²) in [5.74, 6) is 1.13. The van der Waals surface area contributed by atoms with Crippen LogP contribution in [0.2, 0.25) is 5.02 Å². The van der Waals surface area contributed by atoms with Gasteiger partial charge in [0, 0.05) is 22.2 Å². The van der Waals surface area contributed by atoms with E-state index in [1.807, 2.05) is 35.7 Å². The van der Waals surface area contributed by atoms with Crippen LogP contribution in [-0.2, 0) is 0 Å². The van der Waals surface area contributed by atoms with Gasteiger partial charge in [-0.3, -0.25) is 10.2 Å². The van der Waals surface area contributed by atoms with Gasteiger partial charge in [-0.05, 0) is 35.7 Å². The van der Waals surface area contributed by atoms with Crippen molar-refractivity contribution in [1.82, 2.24) is 4.98 Å². The quantitative estimate of drug-likeness (QED) is 0.222. The van der Waals surface area contributed by atoms with Gasteiger partial charge in [-0.25, -0.2) is 4.98 Å². The number of halogens is 1. The Labute approximate surface area is 203 Å². The maximum absolute atomic E-state index is 12.6. The van der Waals surface area contributed by atoms with E-state index < -0.39 is 0 Å². The van der Waals surface area contributed by atoms with E-state index in [-0.39, 0.29) is 5.91 Å². The molecule has 10 heteroatoms. The maximum atomic E-state index is 12.6. The van der Waals surface area contributed by atoms with Crippen molar-refractivity contribution in [3.05, 3.63) is 75.4 Å². The van der Waals surface area contributed by atoms with Crippen molar-refractivity contribution in [3.8, 4) is 22.8 Å². The molecule has 2 aromatic heterocycles. The summed E-state index contributed by atoms with van der Waals surface area (Å²) in [6.07, 6.45) is 1.63. The van der Waals surface area contributed by atoms with Gasteiger partial charge in [-0.1, -0.05) is 41.1 Å². The molecule has 33 heavy (non-hydrogen) atoms. The molecule has 168 valence electrons. The van der Waals surface area contributed by atoms with Crippen LogP contribution in [0, 0.1) is 0 Å². The van der Waals surface area contributed by atoms with Crippen molar-refractivity contribution in [3.63, 3.8) is 0 Å². The van der Waals surface area contributed by atoms with E-state index >= 15 is 0 Å². The number of anilines is 2. The molecule has 0 saturated heterocycles. The molecule has 0 fully saturated rings. The summed E-state index contributed by atoms with van der Waals surface area (Å²) in [5.41, 5.74) is 5.16. The zero-order chi connectivity index (χ0) is 23.2. The van der Waals surface area contributed by atoms with Gasteiger partial charge < -0.3 is 14.8 Å². The van der Waals surface area contributed by atoms with E-state index in [9.17, 15) is 4.79 Å². The molecule has 2 N–H and O–H groups in total. The highest BCUT2D eigenvalue weighted by molar-refractivity contribution is 7.20. The number of hydrogen-bond donors (Lipinski definition) is 2. The average Bonchev–Trinajstić information content (AvgIpc) is 3.50. The Bertz CT molecular complexity index is 1270. The van der Waals surface area contributed by atoms with E-state index in [4.69, 9.17) is 21.1 Å². The van der Waals surface area contributed by atoms with Crippen molar-refractivity contribution >= 4 is 56.5 Å². The average molecular weight is 499 g/mol. The Hall–Kier alpha value is -3.40. The molecule has 0 aliphatic heterocycles. The highest BCUT2D eigenvalue weighted by Crippen LogP contribution is 2.37. The summed E-state index contributed by atoms with van der Waals surface area (Å²) in [5, 5.41) is 10.8. The fraction of sp³-hybridized carbons (Fsp3) is 0.0870. The Morgan fingerprint density at radius 2 is 1.94 bits per heavy atom. The SMILES string of the molecule is COc1ccc(C=NNc2nc(-c3ccc(Cl)cc3)c(NC(=O)c3cccs3)s2)c(OC)c1. The molecule has 0 atom stereocenters. The summed E-state index contributed by atoms with van der Waals surface area (Å²) in [7, 11) is 3.18. The number of nitrogens with zero attached hydrogens (tertiary/aromatic N) is 2. The third kappa shape index (κ3) is 5.51. The van der Waals surface area contributed by atoms with Gasteiger partial charge in [-0.2, -0.15) is 5.10 Å². The fourth-order valence-electron chi connectivity index (χ4n) is 2.91. The van der Waals surface area contributed by atoms with E-state index in [1.165, 1.54) is 22.7 Å². The zero-order valence-electron chi connectivity index (χ0n) is 17.7. The van der Waals surface area contributed by atoms with Crippen LogP contribution in [0.5, 0.6) is 11.5 Å². The molecule has 0 saturated carbocycles. The number of nitrogens with one attached hydrogen (secondary N) is 2. The minimum absolute atomic E-state index is 0.193. The van der Waals surface area contributed by atoms with Gasteiger partial charge in [0.05, 0.1) is 25.3 Å². The van der Waals surface area contributed by atoms with Crippen molar-refractivity contribution in [2.45, 2.75) is 0 Å². The lowest BCUT2D eigenvalue weighted by molar-refractivity contribution is 0.103. The minimum Gasteiger partial charge on any atom is -0.497 e. The number of thiophene rings is 1. The second kappa shape index (κ2) is 10.5. The van der Waals surface area contributed by atoms with Crippen LogP contribution in [0.1, 0.15) is 15.2 Å². The van der Waals surface area contributed by atoms with Gasteiger partial charge in [0.2, 0.25) is 5.13 Å². The second-order valence-electron chi connectivity index (χ2n) is 6.61. The van der Waals surface area contributed by atoms with Crippen LogP contribution in [0.3, 0.4) is 0 Å². The van der Waals surface area contributed by atoms with Gasteiger partial charge in [-0.15, -0.1) is 11.3 Å². The van der Waals surface area contributed by atoms with E-state index in [1.54, 1.807) is 44.7 Å². The number of carbonyl (C=O) groups excluding carboxylic acids is 1. The summed E-state index contributed by atoms with van der Waals surface area (Å²) < 4.78 is 10.6. The number of benzene rings is 2. The highest BCUT2D eigenvalue weighted by Gasteiger charge is 2.17. The van der Waals surface area contributed by atoms with Crippen LogP contribution in [0.4, 0.5) is 10.1 Å². The molecule has 0 aliphatic carbocycles. The smallest absolute Gasteiger partial charge is 0.266 e. The first-order valence-electron chi connectivity index (χ1n) is 9.70. The number of aromatic nitrogens is 1. The number of hydrazone groups is 1. The van der Waals surface area contributed by atoms with Gasteiger partial charge in [0.25, 0.3) is 5.91 Å². The normalized spacial score (nSPS) is 10.9. The van der Waals surface area contributed by atoms with E-state index in [0.717, 1.165) is 11.1 Å². The Morgan fingerprint density at radius 1 is 1.12 bits per heavy atom. The monoisotopic (exact) mass is 498 g/mol. The van der Waals surface area contributed by atoms with Crippen molar-refractivity contribution in [2.24, 2.45) is 5.10 Å². The van der Waals surface area contributed by atoms with Crippen molar-refractivity contribution in [1.29, 1.82) is 0 Å². The summed E-state index contributed by atoms with van der Waals surface area (Å²) in [4.78, 5) is 17.9. The third-order valence-corrected chi connectivity index (χ3v) is 6.52. The first-order chi connectivity index (χ1) is 16.1. The number of hydrogen-bond acceptors (Lipinski definition) is 8. The largest absolute Gasteiger partial charge is 0.497 e. The Balaban J connectivity index is 1.59. The highest BCUT2D eigenvalue weighted by atomic mass is 35.5. The van der Waals surface area contributed by atoms with E-state index in [2.05, 4.69) is 20.8 Å². The zero-order valence-corrected chi connectivity index (χ0v) is 20.1. The minimum atomic E-state index is -0.193. The first-order valence-corrected chi connectivity index (χ1v) is 11.8. The maximum Gasteiger partial charge on any atom is 0.266 e. The first kappa shape index (κ1) is 22.8. The third-order valence-electron chi connectivity index (χ3n) is 4.52. The summed E-state index contributed by atoms with van der Waals surface area (Å²) in [6, 6.07) is 16.3. The number of carbonyl (C=O) groups is 1. The molecule has 0 spiro atoms. The van der Waals surface area contributed by atoms with Crippen molar-refractivity contribution < 1.29 is 14.3 Å². The topological polar surface area (TPSA) is 84.8 Å². The molecule has 0 unspecified atom stereocenters. The predicted octanol–water partition coefficient (Wildman–Crippen LogP) is 6.24.